The van der Waals surface area contributed by atoms with Gasteiger partial charge in [-0.3, -0.25) is 4.68 Å². The SMILES string of the molecule is CCC(N)Cc1cc(C)ccc1OCCn1cccn1. The minimum atomic E-state index is 0.185. The molecule has 0 aliphatic heterocycles. The predicted octanol–water partition coefficient (Wildman–Crippen LogP) is 2.55. The van der Waals surface area contributed by atoms with Crippen LogP contribution in [0.1, 0.15) is 24.5 Å². The summed E-state index contributed by atoms with van der Waals surface area (Å²) in [5, 5.41) is 4.16. The van der Waals surface area contributed by atoms with E-state index in [9.17, 15) is 0 Å². The molecular weight excluding hydrogens is 250 g/mol. The first-order valence-electron chi connectivity index (χ1n) is 7.14. The topological polar surface area (TPSA) is 53.1 Å². The smallest absolute Gasteiger partial charge is 0.122 e. The van der Waals surface area contributed by atoms with Crippen LogP contribution >= 0.6 is 0 Å². The van der Waals surface area contributed by atoms with E-state index in [1.807, 2.05) is 23.0 Å². The standard InChI is InChI=1S/C16H23N3O/c1-3-15(17)12-14-11-13(2)5-6-16(14)20-10-9-19-8-4-7-18-19/h4-8,11,15H,3,9-10,12,17H2,1-2H3. The third-order valence-electron chi connectivity index (χ3n) is 3.36. The van der Waals surface area contributed by atoms with Gasteiger partial charge in [-0.2, -0.15) is 5.10 Å². The fraction of sp³-hybridized carbons (Fsp3) is 0.438. The molecule has 1 atom stereocenters. The van der Waals surface area contributed by atoms with Crippen molar-refractivity contribution in [3.63, 3.8) is 0 Å². The molecule has 0 bridgehead atoms. The minimum Gasteiger partial charge on any atom is -0.491 e. The van der Waals surface area contributed by atoms with Crippen LogP contribution in [0.3, 0.4) is 0 Å². The van der Waals surface area contributed by atoms with Gasteiger partial charge in [0.05, 0.1) is 6.54 Å². The van der Waals surface area contributed by atoms with Crippen LogP contribution in [0.25, 0.3) is 0 Å². The molecule has 1 aromatic carbocycles. The quantitative estimate of drug-likeness (QED) is 0.843. The maximum absolute atomic E-state index is 6.06. The maximum Gasteiger partial charge on any atom is 0.122 e. The molecule has 4 heteroatoms. The molecular formula is C16H23N3O. The zero-order valence-electron chi connectivity index (χ0n) is 12.2. The average Bonchev–Trinajstić information content (AvgIpc) is 2.94. The zero-order valence-corrected chi connectivity index (χ0v) is 12.2. The number of nitrogens with two attached hydrogens (primary N) is 1. The first-order valence-corrected chi connectivity index (χ1v) is 7.14. The molecule has 0 aliphatic rings. The van der Waals surface area contributed by atoms with Gasteiger partial charge in [0.25, 0.3) is 0 Å². The highest BCUT2D eigenvalue weighted by atomic mass is 16.5. The summed E-state index contributed by atoms with van der Waals surface area (Å²) >= 11 is 0. The Bertz CT molecular complexity index is 523. The van der Waals surface area contributed by atoms with E-state index in [1.54, 1.807) is 6.20 Å². The van der Waals surface area contributed by atoms with Gasteiger partial charge in [-0.1, -0.05) is 24.6 Å². The van der Waals surface area contributed by atoms with Crippen LogP contribution in [0, 0.1) is 6.92 Å². The minimum absolute atomic E-state index is 0.185. The van der Waals surface area contributed by atoms with E-state index in [1.165, 1.54) is 11.1 Å². The summed E-state index contributed by atoms with van der Waals surface area (Å²) in [7, 11) is 0. The van der Waals surface area contributed by atoms with Gasteiger partial charge in [-0.15, -0.1) is 0 Å². The molecule has 0 amide bonds. The Morgan fingerprint density at radius 1 is 1.40 bits per heavy atom. The summed E-state index contributed by atoms with van der Waals surface area (Å²) in [5.41, 5.74) is 8.49. The second-order valence-electron chi connectivity index (χ2n) is 5.10. The summed E-state index contributed by atoms with van der Waals surface area (Å²) in [6.45, 7) is 5.56. The highest BCUT2D eigenvalue weighted by Gasteiger charge is 2.08. The van der Waals surface area contributed by atoms with E-state index in [2.05, 4.69) is 31.1 Å². The van der Waals surface area contributed by atoms with Crippen molar-refractivity contribution in [3.05, 3.63) is 47.8 Å². The monoisotopic (exact) mass is 273 g/mol. The molecule has 1 unspecified atom stereocenters. The van der Waals surface area contributed by atoms with Crippen LogP contribution in [-0.2, 0) is 13.0 Å². The van der Waals surface area contributed by atoms with Crippen molar-refractivity contribution in [2.45, 2.75) is 39.3 Å². The van der Waals surface area contributed by atoms with Gasteiger partial charge in [-0.05, 0) is 37.5 Å². The molecule has 0 aliphatic carbocycles. The first kappa shape index (κ1) is 14.6. The summed E-state index contributed by atoms with van der Waals surface area (Å²) in [6.07, 6.45) is 5.54. The maximum atomic E-state index is 6.06. The predicted molar refractivity (Wildman–Crippen MR) is 80.9 cm³/mol. The van der Waals surface area contributed by atoms with E-state index >= 15 is 0 Å². The second kappa shape index (κ2) is 7.10. The third kappa shape index (κ3) is 4.10. The van der Waals surface area contributed by atoms with Crippen molar-refractivity contribution < 1.29 is 4.74 Å². The van der Waals surface area contributed by atoms with Gasteiger partial charge in [0.2, 0.25) is 0 Å². The molecule has 0 saturated carbocycles. The van der Waals surface area contributed by atoms with Crippen molar-refractivity contribution in [3.8, 4) is 5.75 Å². The highest BCUT2D eigenvalue weighted by molar-refractivity contribution is 5.37. The Balaban J connectivity index is 1.98. The fourth-order valence-electron chi connectivity index (χ4n) is 2.12. The molecule has 2 rings (SSSR count). The molecule has 0 radical (unpaired) electrons. The number of rotatable bonds is 7. The third-order valence-corrected chi connectivity index (χ3v) is 3.36. The number of nitrogens with zero attached hydrogens (tertiary/aromatic N) is 2. The lowest BCUT2D eigenvalue weighted by atomic mass is 10.0. The molecule has 2 aromatic rings. The molecule has 108 valence electrons. The van der Waals surface area contributed by atoms with Crippen molar-refractivity contribution in [2.24, 2.45) is 5.73 Å². The lowest BCUT2D eigenvalue weighted by Gasteiger charge is -2.15. The zero-order chi connectivity index (χ0) is 14.4. The van der Waals surface area contributed by atoms with Crippen molar-refractivity contribution >= 4 is 0 Å². The van der Waals surface area contributed by atoms with E-state index in [4.69, 9.17) is 10.5 Å². The van der Waals surface area contributed by atoms with Crippen LogP contribution in [0.15, 0.2) is 36.7 Å². The second-order valence-corrected chi connectivity index (χ2v) is 5.10. The Morgan fingerprint density at radius 3 is 2.95 bits per heavy atom. The highest BCUT2D eigenvalue weighted by Crippen LogP contribution is 2.22. The van der Waals surface area contributed by atoms with Crippen LogP contribution in [0.4, 0.5) is 0 Å². The molecule has 0 fully saturated rings. The van der Waals surface area contributed by atoms with Gasteiger partial charge < -0.3 is 10.5 Å². The van der Waals surface area contributed by atoms with E-state index in [0.29, 0.717) is 6.61 Å². The van der Waals surface area contributed by atoms with Crippen LogP contribution in [-0.4, -0.2) is 22.4 Å². The molecule has 1 heterocycles. The van der Waals surface area contributed by atoms with Gasteiger partial charge in [0.15, 0.2) is 0 Å². The van der Waals surface area contributed by atoms with Gasteiger partial charge >= 0.3 is 0 Å². The van der Waals surface area contributed by atoms with Crippen LogP contribution < -0.4 is 10.5 Å². The molecule has 2 N–H and O–H groups in total. The first-order chi connectivity index (χ1) is 9.69. The summed E-state index contributed by atoms with van der Waals surface area (Å²) in [4.78, 5) is 0. The number of hydrogen-bond donors (Lipinski definition) is 1. The van der Waals surface area contributed by atoms with E-state index in [-0.39, 0.29) is 6.04 Å². The van der Waals surface area contributed by atoms with E-state index < -0.39 is 0 Å². The van der Waals surface area contributed by atoms with Crippen molar-refractivity contribution in [2.75, 3.05) is 6.61 Å². The number of hydrogen-bond acceptors (Lipinski definition) is 3. The number of benzene rings is 1. The summed E-state index contributed by atoms with van der Waals surface area (Å²) in [5.74, 6) is 0.937. The molecule has 0 spiro atoms. The molecule has 1 aromatic heterocycles. The Labute approximate surface area is 120 Å². The van der Waals surface area contributed by atoms with Gasteiger partial charge in [0, 0.05) is 18.4 Å². The van der Waals surface area contributed by atoms with Crippen LogP contribution in [0.5, 0.6) is 5.75 Å². The average molecular weight is 273 g/mol. The normalized spacial score (nSPS) is 12.3. The lowest BCUT2D eigenvalue weighted by Crippen LogP contribution is -2.22. The van der Waals surface area contributed by atoms with Gasteiger partial charge in [0.1, 0.15) is 12.4 Å². The van der Waals surface area contributed by atoms with Crippen LogP contribution in [0.2, 0.25) is 0 Å². The summed E-state index contributed by atoms with van der Waals surface area (Å²) in [6, 6.07) is 8.38. The molecule has 4 nitrogen and oxygen atoms in total. The Kier molecular flexibility index (Phi) is 5.18. The molecule has 0 saturated heterocycles. The number of ether oxygens (including phenoxy) is 1. The Morgan fingerprint density at radius 2 is 2.25 bits per heavy atom. The fourth-order valence-corrected chi connectivity index (χ4v) is 2.12. The van der Waals surface area contributed by atoms with Gasteiger partial charge in [-0.25, -0.2) is 0 Å². The number of aromatic nitrogens is 2. The van der Waals surface area contributed by atoms with Crippen molar-refractivity contribution in [1.29, 1.82) is 0 Å². The lowest BCUT2D eigenvalue weighted by molar-refractivity contribution is 0.288. The molecule has 20 heavy (non-hydrogen) atoms. The number of aryl methyl sites for hydroxylation is 1. The summed E-state index contributed by atoms with van der Waals surface area (Å²) < 4.78 is 7.76. The van der Waals surface area contributed by atoms with E-state index in [0.717, 1.165) is 25.1 Å². The Hall–Kier alpha value is -1.81. The van der Waals surface area contributed by atoms with Crippen molar-refractivity contribution in [1.82, 2.24) is 9.78 Å². The largest absolute Gasteiger partial charge is 0.491 e.